The van der Waals surface area contributed by atoms with Crippen LogP contribution in [0, 0.1) is 11.3 Å². The molecule has 6 heteroatoms. The standard InChI is InChI=1S/C13H8ClN3O2/c14-11-1-3-12(4-2-11)17-8-9(7-16-17)5-10(6-15)13(18)19/h1-5,7-8H,(H,18,19)/b10-5+. The van der Waals surface area contributed by atoms with Crippen molar-refractivity contribution >= 4 is 23.6 Å². The second-order valence-corrected chi connectivity index (χ2v) is 4.11. The summed E-state index contributed by atoms with van der Waals surface area (Å²) in [4.78, 5) is 10.7. The quantitative estimate of drug-likeness (QED) is 0.688. The van der Waals surface area contributed by atoms with Gasteiger partial charge in [0.15, 0.2) is 0 Å². The van der Waals surface area contributed by atoms with Crippen LogP contribution in [0.1, 0.15) is 5.56 Å². The molecule has 0 aliphatic carbocycles. The van der Waals surface area contributed by atoms with Gasteiger partial charge in [0.2, 0.25) is 0 Å². The van der Waals surface area contributed by atoms with Gasteiger partial charge in [-0.3, -0.25) is 0 Å². The van der Waals surface area contributed by atoms with E-state index in [9.17, 15) is 4.79 Å². The second-order valence-electron chi connectivity index (χ2n) is 3.67. The molecule has 94 valence electrons. The number of aliphatic carboxylic acids is 1. The van der Waals surface area contributed by atoms with Gasteiger partial charge < -0.3 is 5.11 Å². The Morgan fingerprint density at radius 1 is 1.42 bits per heavy atom. The molecule has 1 aromatic carbocycles. The zero-order chi connectivity index (χ0) is 13.8. The molecule has 19 heavy (non-hydrogen) atoms. The summed E-state index contributed by atoms with van der Waals surface area (Å²) in [5, 5.41) is 22.1. The van der Waals surface area contributed by atoms with Gasteiger partial charge in [0.1, 0.15) is 11.6 Å². The summed E-state index contributed by atoms with van der Waals surface area (Å²) in [5.41, 5.74) is 0.988. The SMILES string of the molecule is N#C/C(=C\c1cnn(-c2ccc(Cl)cc2)c1)C(=O)O. The predicted octanol–water partition coefficient (Wildman–Crippen LogP) is 2.52. The minimum Gasteiger partial charge on any atom is -0.477 e. The van der Waals surface area contributed by atoms with Crippen molar-refractivity contribution in [1.29, 1.82) is 5.26 Å². The Labute approximate surface area is 114 Å². The van der Waals surface area contributed by atoms with Crippen LogP contribution in [0.15, 0.2) is 42.2 Å². The van der Waals surface area contributed by atoms with E-state index < -0.39 is 5.97 Å². The summed E-state index contributed by atoms with van der Waals surface area (Å²) in [7, 11) is 0. The normalized spacial score (nSPS) is 11.1. The van der Waals surface area contributed by atoms with Crippen LogP contribution in [0.4, 0.5) is 0 Å². The van der Waals surface area contributed by atoms with Crippen molar-refractivity contribution < 1.29 is 9.90 Å². The number of benzene rings is 1. The summed E-state index contributed by atoms with van der Waals surface area (Å²) < 4.78 is 1.57. The lowest BCUT2D eigenvalue weighted by molar-refractivity contribution is -0.132. The Morgan fingerprint density at radius 2 is 2.11 bits per heavy atom. The lowest BCUT2D eigenvalue weighted by Gasteiger charge is -1.99. The first-order valence-corrected chi connectivity index (χ1v) is 5.63. The van der Waals surface area contributed by atoms with E-state index in [1.807, 2.05) is 0 Å². The number of hydrogen-bond donors (Lipinski definition) is 1. The highest BCUT2D eigenvalue weighted by Crippen LogP contribution is 2.14. The Kier molecular flexibility index (Phi) is 3.64. The van der Waals surface area contributed by atoms with Gasteiger partial charge in [-0.1, -0.05) is 11.6 Å². The topological polar surface area (TPSA) is 78.9 Å². The molecule has 0 saturated heterocycles. The third-order valence-corrected chi connectivity index (χ3v) is 2.61. The van der Waals surface area contributed by atoms with Crippen molar-refractivity contribution in [3.63, 3.8) is 0 Å². The molecule has 0 atom stereocenters. The molecule has 5 nitrogen and oxygen atoms in total. The summed E-state index contributed by atoms with van der Waals surface area (Å²) in [6, 6.07) is 8.64. The van der Waals surface area contributed by atoms with Crippen LogP contribution < -0.4 is 0 Å². The fourth-order valence-electron chi connectivity index (χ4n) is 1.45. The maximum atomic E-state index is 10.7. The third kappa shape index (κ3) is 3.00. The van der Waals surface area contributed by atoms with E-state index in [4.69, 9.17) is 22.0 Å². The molecule has 0 bridgehead atoms. The Bertz CT molecular complexity index is 681. The van der Waals surface area contributed by atoms with Gasteiger partial charge in [0, 0.05) is 16.8 Å². The van der Waals surface area contributed by atoms with Crippen molar-refractivity contribution in [1.82, 2.24) is 9.78 Å². The molecule has 1 heterocycles. The Hall–Kier alpha value is -2.58. The van der Waals surface area contributed by atoms with Crippen LogP contribution in [-0.4, -0.2) is 20.9 Å². The zero-order valence-corrected chi connectivity index (χ0v) is 10.4. The van der Waals surface area contributed by atoms with E-state index in [0.717, 1.165) is 5.69 Å². The van der Waals surface area contributed by atoms with Crippen molar-refractivity contribution in [2.24, 2.45) is 0 Å². The van der Waals surface area contributed by atoms with Crippen LogP contribution in [0.3, 0.4) is 0 Å². The summed E-state index contributed by atoms with van der Waals surface area (Å²) in [5.74, 6) is -1.26. The average Bonchev–Trinajstić information content (AvgIpc) is 2.85. The third-order valence-electron chi connectivity index (χ3n) is 2.36. The number of carboxylic acid groups (broad SMARTS) is 1. The molecule has 0 aliphatic rings. The van der Waals surface area contributed by atoms with E-state index in [0.29, 0.717) is 10.6 Å². The highest BCUT2D eigenvalue weighted by Gasteiger charge is 2.07. The largest absolute Gasteiger partial charge is 0.477 e. The van der Waals surface area contributed by atoms with Crippen molar-refractivity contribution in [3.05, 3.63) is 52.8 Å². The zero-order valence-electron chi connectivity index (χ0n) is 9.62. The van der Waals surface area contributed by atoms with Gasteiger partial charge in [0.25, 0.3) is 0 Å². The van der Waals surface area contributed by atoms with Crippen LogP contribution in [0.2, 0.25) is 5.02 Å². The molecule has 1 aromatic heterocycles. The molecule has 0 radical (unpaired) electrons. The van der Waals surface area contributed by atoms with Gasteiger partial charge in [-0.2, -0.15) is 10.4 Å². The van der Waals surface area contributed by atoms with Gasteiger partial charge in [0.05, 0.1) is 11.9 Å². The van der Waals surface area contributed by atoms with E-state index >= 15 is 0 Å². The highest BCUT2D eigenvalue weighted by molar-refractivity contribution is 6.30. The monoisotopic (exact) mass is 273 g/mol. The fraction of sp³-hybridized carbons (Fsp3) is 0. The number of halogens is 1. The van der Waals surface area contributed by atoms with Crippen LogP contribution >= 0.6 is 11.6 Å². The minimum atomic E-state index is -1.26. The number of aromatic nitrogens is 2. The number of carboxylic acids is 1. The number of nitrogens with zero attached hydrogens (tertiary/aromatic N) is 3. The summed E-state index contributed by atoms with van der Waals surface area (Å²) in [6.45, 7) is 0. The first-order chi connectivity index (χ1) is 9.10. The van der Waals surface area contributed by atoms with E-state index in [1.54, 1.807) is 41.2 Å². The lowest BCUT2D eigenvalue weighted by Crippen LogP contribution is -1.97. The van der Waals surface area contributed by atoms with Crippen LogP contribution in [0.5, 0.6) is 0 Å². The number of carbonyl (C=O) groups is 1. The lowest BCUT2D eigenvalue weighted by atomic mass is 10.2. The van der Waals surface area contributed by atoms with Gasteiger partial charge in [-0.25, -0.2) is 9.48 Å². The molecule has 0 aliphatic heterocycles. The molecule has 2 rings (SSSR count). The van der Waals surface area contributed by atoms with Crippen LogP contribution in [-0.2, 0) is 4.79 Å². The Morgan fingerprint density at radius 3 is 2.68 bits per heavy atom. The van der Waals surface area contributed by atoms with E-state index in [-0.39, 0.29) is 5.57 Å². The van der Waals surface area contributed by atoms with Gasteiger partial charge in [-0.15, -0.1) is 0 Å². The molecule has 2 aromatic rings. The van der Waals surface area contributed by atoms with Crippen LogP contribution in [0.25, 0.3) is 11.8 Å². The minimum absolute atomic E-state index is 0.337. The summed E-state index contributed by atoms with van der Waals surface area (Å²) in [6.07, 6.45) is 4.38. The molecular weight excluding hydrogens is 266 g/mol. The number of hydrogen-bond acceptors (Lipinski definition) is 3. The second kappa shape index (κ2) is 5.38. The maximum Gasteiger partial charge on any atom is 0.346 e. The van der Waals surface area contributed by atoms with Crippen molar-refractivity contribution in [2.75, 3.05) is 0 Å². The maximum absolute atomic E-state index is 10.7. The number of nitriles is 1. The first kappa shape index (κ1) is 12.9. The molecule has 1 N–H and O–H groups in total. The van der Waals surface area contributed by atoms with E-state index in [2.05, 4.69) is 5.10 Å². The average molecular weight is 274 g/mol. The van der Waals surface area contributed by atoms with Crippen molar-refractivity contribution in [3.8, 4) is 11.8 Å². The fourth-order valence-corrected chi connectivity index (χ4v) is 1.58. The first-order valence-electron chi connectivity index (χ1n) is 5.26. The molecule has 0 fully saturated rings. The molecule has 0 unspecified atom stereocenters. The highest BCUT2D eigenvalue weighted by atomic mass is 35.5. The summed E-state index contributed by atoms with van der Waals surface area (Å²) >= 11 is 5.79. The molecule has 0 spiro atoms. The van der Waals surface area contributed by atoms with E-state index in [1.165, 1.54) is 12.3 Å². The Balaban J connectivity index is 2.32. The molecule has 0 amide bonds. The van der Waals surface area contributed by atoms with Crippen molar-refractivity contribution in [2.45, 2.75) is 0 Å². The smallest absolute Gasteiger partial charge is 0.346 e. The van der Waals surface area contributed by atoms with Gasteiger partial charge in [-0.05, 0) is 30.3 Å². The molecular formula is C13H8ClN3O2. The van der Waals surface area contributed by atoms with Gasteiger partial charge >= 0.3 is 5.97 Å². The number of rotatable bonds is 3. The predicted molar refractivity (Wildman–Crippen MR) is 69.8 cm³/mol. The molecule has 0 saturated carbocycles.